The van der Waals surface area contributed by atoms with Crippen molar-refractivity contribution in [3.63, 3.8) is 0 Å². The Balaban J connectivity index is 3.13. The summed E-state index contributed by atoms with van der Waals surface area (Å²) in [6, 6.07) is 0. The molecule has 0 aromatic rings. The van der Waals surface area contributed by atoms with E-state index in [2.05, 4.69) is 10.2 Å². The molecule has 0 bridgehead atoms. The highest BCUT2D eigenvalue weighted by atomic mass is 35.5. The van der Waals surface area contributed by atoms with E-state index in [1.807, 2.05) is 20.3 Å². The van der Waals surface area contributed by atoms with Crippen LogP contribution in [0.2, 0.25) is 0 Å². The van der Waals surface area contributed by atoms with Gasteiger partial charge in [-0.15, -0.1) is 0 Å². The molecule has 0 unspecified atom stereocenters. The van der Waals surface area contributed by atoms with Crippen molar-refractivity contribution in [2.75, 3.05) is 27.2 Å². The fourth-order valence-corrected chi connectivity index (χ4v) is 0.782. The first kappa shape index (κ1) is 10.0. The van der Waals surface area contributed by atoms with Gasteiger partial charge in [0.2, 0.25) is 0 Å². The molecule has 0 aliphatic rings. The Bertz CT molecular complexity index is 110. The van der Waals surface area contributed by atoms with E-state index < -0.39 is 0 Å². The van der Waals surface area contributed by atoms with Gasteiger partial charge in [0.05, 0.1) is 10.2 Å². The second-order valence-electron chi connectivity index (χ2n) is 2.49. The lowest BCUT2D eigenvalue weighted by Gasteiger charge is -2.08. The zero-order chi connectivity index (χ0) is 7.98. The lowest BCUT2D eigenvalue weighted by Crippen LogP contribution is -2.23. The lowest BCUT2D eigenvalue weighted by molar-refractivity contribution is 0.410. The summed E-state index contributed by atoms with van der Waals surface area (Å²) in [7, 11) is 5.03. The number of likely N-dealkylation sites (N-methyl/N-ethyl adjacent to an activating group) is 1. The molecule has 0 aliphatic carbocycles. The lowest BCUT2D eigenvalue weighted by atomic mass is 10.6. The topological polar surface area (TPSA) is 15.3 Å². The molecule has 0 spiro atoms. The van der Waals surface area contributed by atoms with Crippen LogP contribution in [-0.2, 0) is 0 Å². The Kier molecular flexibility index (Phi) is 5.77. The summed E-state index contributed by atoms with van der Waals surface area (Å²) in [5.74, 6) is 0. The minimum absolute atomic E-state index is 0.929. The molecule has 1 N–H and O–H groups in total. The molecule has 0 saturated carbocycles. The van der Waals surface area contributed by atoms with Crippen molar-refractivity contribution in [2.45, 2.75) is 0 Å². The van der Waals surface area contributed by atoms with Crippen LogP contribution in [0.4, 0.5) is 0 Å². The predicted octanol–water partition coefficient (Wildman–Crippen LogP) is -0.459. The van der Waals surface area contributed by atoms with Gasteiger partial charge in [-0.3, -0.25) is 0 Å². The fourth-order valence-electron chi connectivity index (χ4n) is 0.501. The molecule has 0 fully saturated rings. The second kappa shape index (κ2) is 5.77. The molecule has 0 atom stereocenters. The van der Waals surface area contributed by atoms with Crippen LogP contribution in [0.5, 0.6) is 0 Å². The van der Waals surface area contributed by atoms with Gasteiger partial charge in [-0.05, 0) is 14.1 Å². The second-order valence-corrected chi connectivity index (χ2v) is 4.80. The molecular weight excluding hydrogens is 164 g/mol. The van der Waals surface area contributed by atoms with Crippen LogP contribution < -0.4 is 5.32 Å². The zero-order valence-electron chi connectivity index (χ0n) is 6.82. The molecule has 0 amide bonds. The minimum Gasteiger partial charge on any atom is -0.389 e. The summed E-state index contributed by atoms with van der Waals surface area (Å²) >= 11 is 5.64. The van der Waals surface area contributed by atoms with Gasteiger partial charge in [0, 0.05) is 23.9 Å². The monoisotopic (exact) mass is 178 g/mol. The Labute approximate surface area is 70.7 Å². The van der Waals surface area contributed by atoms with Crippen molar-refractivity contribution < 1.29 is 0 Å². The molecule has 0 aromatic heterocycles. The summed E-state index contributed by atoms with van der Waals surface area (Å²) in [6.45, 7) is 2.01. The van der Waals surface area contributed by atoms with E-state index in [4.69, 9.17) is 11.6 Å². The number of halogens is 1. The quantitative estimate of drug-likeness (QED) is 0.463. The van der Waals surface area contributed by atoms with Crippen molar-refractivity contribution in [3.05, 3.63) is 10.9 Å². The number of nitrogens with zero attached hydrogens (tertiary/aromatic N) is 1. The van der Waals surface area contributed by atoms with Crippen molar-refractivity contribution in [1.82, 2.24) is 10.2 Å². The number of nitrogens with one attached hydrogen (secondary N) is 1. The first-order valence-electron chi connectivity index (χ1n) is 3.33. The summed E-state index contributed by atoms with van der Waals surface area (Å²) in [5.41, 5.74) is 0. The molecule has 0 rings (SSSR count). The van der Waals surface area contributed by atoms with Gasteiger partial charge in [-0.1, -0.05) is 11.6 Å². The van der Waals surface area contributed by atoms with Crippen molar-refractivity contribution in [3.8, 4) is 0 Å². The average molecular weight is 179 g/mol. The van der Waals surface area contributed by atoms with E-state index in [0.717, 1.165) is 28.0 Å². The Morgan fingerprint density at radius 1 is 1.70 bits per heavy atom. The maximum atomic E-state index is 5.64. The average Bonchev–Trinajstić information content (AvgIpc) is 1.79. The first-order chi connectivity index (χ1) is 4.63. The number of hydrogen-bond acceptors (Lipinski definition) is 2. The van der Waals surface area contributed by atoms with E-state index >= 15 is 0 Å². The van der Waals surface area contributed by atoms with Crippen LogP contribution in [-0.4, -0.2) is 42.3 Å². The van der Waals surface area contributed by atoms with Crippen LogP contribution in [0.25, 0.3) is 0 Å². The fraction of sp³-hybridized carbons (Fsp3) is 0.667. The van der Waals surface area contributed by atoms with Gasteiger partial charge in [0.25, 0.3) is 0 Å². The van der Waals surface area contributed by atoms with E-state index in [1.54, 1.807) is 0 Å². The van der Waals surface area contributed by atoms with Gasteiger partial charge in [-0.2, -0.15) is 0 Å². The van der Waals surface area contributed by atoms with Crippen LogP contribution in [0, 0.1) is 0 Å². The largest absolute Gasteiger partial charge is 0.389 e. The maximum absolute atomic E-state index is 5.64. The number of hydrogen-bond donors (Lipinski definition) is 1. The third-order valence-corrected chi connectivity index (χ3v) is 1.40. The van der Waals surface area contributed by atoms with E-state index in [1.165, 1.54) is 0 Å². The van der Waals surface area contributed by atoms with Crippen LogP contribution in [0.1, 0.15) is 0 Å². The van der Waals surface area contributed by atoms with Crippen LogP contribution in [0.15, 0.2) is 10.9 Å². The van der Waals surface area contributed by atoms with Crippen LogP contribution >= 0.6 is 11.6 Å². The summed E-state index contributed by atoms with van der Waals surface area (Å²) < 4.78 is 0.929. The normalized spacial score (nSPS) is 12.6. The van der Waals surface area contributed by atoms with Gasteiger partial charge in [-0.25, -0.2) is 0 Å². The first-order valence-corrected chi connectivity index (χ1v) is 4.71. The molecule has 0 saturated heterocycles. The predicted molar refractivity (Wildman–Crippen MR) is 50.4 cm³/mol. The third kappa shape index (κ3) is 8.01. The molecule has 10 heavy (non-hydrogen) atoms. The van der Waals surface area contributed by atoms with E-state index in [9.17, 15) is 0 Å². The highest BCUT2D eigenvalue weighted by molar-refractivity contribution is 6.52. The smallest absolute Gasteiger partial charge is 0.0551 e. The summed E-state index contributed by atoms with van der Waals surface area (Å²) in [4.78, 5) is 2.13. The van der Waals surface area contributed by atoms with Gasteiger partial charge >= 0.3 is 0 Å². The highest BCUT2D eigenvalue weighted by Gasteiger charge is 1.85. The zero-order valence-corrected chi connectivity index (χ0v) is 9.57. The van der Waals surface area contributed by atoms with Crippen molar-refractivity contribution in [1.29, 1.82) is 0 Å². The molecular formula is C6H15ClN2Si. The highest BCUT2D eigenvalue weighted by Crippen LogP contribution is 1.88. The molecule has 2 nitrogen and oxygen atoms in total. The molecule has 0 heterocycles. The molecule has 4 heteroatoms. The third-order valence-electron chi connectivity index (χ3n) is 1.00. The molecule has 0 radical (unpaired) electrons. The standard InChI is InChI=1S/C6H15ClN2Si/c1-9(2)4-3-8-5-6(7)10/h5,8H,3-4H2,1-2,10H3. The molecule has 0 aromatic carbocycles. The maximum Gasteiger partial charge on any atom is 0.0551 e. The molecule has 60 valence electrons. The minimum atomic E-state index is 0.929. The summed E-state index contributed by atoms with van der Waals surface area (Å²) in [5, 5.41) is 3.12. The SMILES string of the molecule is CN(C)CCNC=C([SiH3])Cl. The summed E-state index contributed by atoms with van der Waals surface area (Å²) in [6.07, 6.45) is 1.87. The molecule has 0 aliphatic heterocycles. The Hall–Kier alpha value is 0.00688. The van der Waals surface area contributed by atoms with Gasteiger partial charge in [0.1, 0.15) is 0 Å². The number of rotatable bonds is 4. The van der Waals surface area contributed by atoms with Gasteiger partial charge < -0.3 is 10.2 Å². The van der Waals surface area contributed by atoms with Crippen molar-refractivity contribution >= 4 is 21.8 Å². The Morgan fingerprint density at radius 2 is 2.30 bits per heavy atom. The van der Waals surface area contributed by atoms with E-state index in [-0.39, 0.29) is 0 Å². The van der Waals surface area contributed by atoms with Crippen LogP contribution in [0.3, 0.4) is 0 Å². The Morgan fingerprint density at radius 3 is 2.70 bits per heavy atom. The van der Waals surface area contributed by atoms with E-state index in [0.29, 0.717) is 0 Å². The van der Waals surface area contributed by atoms with Gasteiger partial charge in [0.15, 0.2) is 0 Å². The van der Waals surface area contributed by atoms with Crippen molar-refractivity contribution in [2.24, 2.45) is 0 Å².